The highest BCUT2D eigenvalue weighted by atomic mass is 19.1. The molecule has 8 heteroatoms. The third-order valence-corrected chi connectivity index (χ3v) is 2.50. The fraction of sp³-hybridized carbons (Fsp3) is 0.400. The third kappa shape index (κ3) is 2.92. The van der Waals surface area contributed by atoms with Crippen LogP contribution in [0.5, 0.6) is 0 Å². The van der Waals surface area contributed by atoms with Crippen molar-refractivity contribution < 1.29 is 19.5 Å². The zero-order valence-corrected chi connectivity index (χ0v) is 9.41. The molecule has 2 unspecified atom stereocenters. The predicted octanol–water partition coefficient (Wildman–Crippen LogP) is 0.0592. The molecule has 0 aliphatic heterocycles. The second-order valence-corrected chi connectivity index (χ2v) is 3.77. The van der Waals surface area contributed by atoms with Crippen molar-refractivity contribution in [2.75, 3.05) is 12.3 Å². The van der Waals surface area contributed by atoms with Gasteiger partial charge in [0.1, 0.15) is 17.6 Å². The summed E-state index contributed by atoms with van der Waals surface area (Å²) in [4.78, 5) is 9.78. The molecule has 100 valence electrons. The van der Waals surface area contributed by atoms with Crippen molar-refractivity contribution in [2.24, 2.45) is 5.73 Å². The van der Waals surface area contributed by atoms with E-state index in [1.165, 1.54) is 0 Å². The van der Waals surface area contributed by atoms with Gasteiger partial charge in [-0.15, -0.1) is 0 Å². The highest BCUT2D eigenvalue weighted by Gasteiger charge is 2.25. The second-order valence-electron chi connectivity index (χ2n) is 3.77. The van der Waals surface area contributed by atoms with E-state index in [1.54, 1.807) is 0 Å². The molecule has 0 radical (unpaired) electrons. The van der Waals surface area contributed by atoms with E-state index >= 15 is 0 Å². The number of halogens is 1. The molecule has 0 saturated heterocycles. The van der Waals surface area contributed by atoms with Crippen molar-refractivity contribution in [3.05, 3.63) is 33.6 Å². The minimum atomic E-state index is -1.53. The standard InChI is InChI=1S/C10H14FN3O4/c11-5-3-6(10(16)8(15)1-2-12)9(13)7(4-5)14(17)18/h3-4,8,10,15-16H,1-2,12-13H2. The second kappa shape index (κ2) is 5.71. The first-order chi connectivity index (χ1) is 8.38. The van der Waals surface area contributed by atoms with E-state index in [2.05, 4.69) is 0 Å². The Hall–Kier alpha value is -1.77. The van der Waals surface area contributed by atoms with E-state index in [0.29, 0.717) is 6.07 Å². The summed E-state index contributed by atoms with van der Waals surface area (Å²) in [5.74, 6) is -0.912. The molecule has 0 heterocycles. The molecule has 1 rings (SSSR count). The van der Waals surface area contributed by atoms with Gasteiger partial charge in [0.2, 0.25) is 0 Å². The Labute approximate surface area is 102 Å². The van der Waals surface area contributed by atoms with E-state index in [4.69, 9.17) is 11.5 Å². The van der Waals surface area contributed by atoms with Crippen LogP contribution in [0.15, 0.2) is 12.1 Å². The monoisotopic (exact) mass is 259 g/mol. The largest absolute Gasteiger partial charge is 0.393 e. The summed E-state index contributed by atoms with van der Waals surface area (Å²) >= 11 is 0. The Kier molecular flexibility index (Phi) is 4.54. The number of nitro groups is 1. The lowest BCUT2D eigenvalue weighted by molar-refractivity contribution is -0.384. The number of anilines is 1. The Bertz CT molecular complexity index is 455. The van der Waals surface area contributed by atoms with E-state index < -0.39 is 28.6 Å². The molecule has 0 fully saturated rings. The Balaban J connectivity index is 3.19. The molecular formula is C10H14FN3O4. The summed E-state index contributed by atoms with van der Waals surface area (Å²) in [6.07, 6.45) is -2.73. The molecular weight excluding hydrogens is 245 g/mol. The summed E-state index contributed by atoms with van der Waals surface area (Å²) in [6.45, 7) is 0.107. The number of nitrogen functional groups attached to an aromatic ring is 1. The first-order valence-electron chi connectivity index (χ1n) is 5.18. The number of aliphatic hydroxyl groups excluding tert-OH is 2. The van der Waals surface area contributed by atoms with Crippen LogP contribution in [0.4, 0.5) is 15.8 Å². The van der Waals surface area contributed by atoms with E-state index in [1.807, 2.05) is 0 Å². The molecule has 0 aromatic heterocycles. The highest BCUT2D eigenvalue weighted by Crippen LogP contribution is 2.32. The average molecular weight is 259 g/mol. The van der Waals surface area contributed by atoms with Crippen molar-refractivity contribution in [3.63, 3.8) is 0 Å². The number of hydrogen-bond acceptors (Lipinski definition) is 6. The third-order valence-electron chi connectivity index (χ3n) is 2.50. The maximum atomic E-state index is 13.2. The average Bonchev–Trinajstić information content (AvgIpc) is 2.30. The quantitative estimate of drug-likeness (QED) is 0.335. The first kappa shape index (κ1) is 14.3. The number of rotatable bonds is 5. The molecule has 2 atom stereocenters. The molecule has 0 aliphatic rings. The van der Waals surface area contributed by atoms with Gasteiger partial charge in [-0.3, -0.25) is 10.1 Å². The number of nitrogens with zero attached hydrogens (tertiary/aromatic N) is 1. The van der Waals surface area contributed by atoms with Gasteiger partial charge in [-0.05, 0) is 19.0 Å². The molecule has 0 amide bonds. The summed E-state index contributed by atoms with van der Waals surface area (Å²) < 4.78 is 13.2. The SMILES string of the molecule is NCCC(O)C(O)c1cc(F)cc([N+](=O)[O-])c1N. The Morgan fingerprint density at radius 1 is 1.44 bits per heavy atom. The van der Waals surface area contributed by atoms with E-state index in [0.717, 1.165) is 6.07 Å². The molecule has 1 aromatic rings. The molecule has 0 aliphatic carbocycles. The molecule has 0 bridgehead atoms. The Morgan fingerprint density at radius 3 is 2.56 bits per heavy atom. The van der Waals surface area contributed by atoms with Gasteiger partial charge in [0.05, 0.1) is 17.1 Å². The van der Waals surface area contributed by atoms with Gasteiger partial charge in [0.25, 0.3) is 5.69 Å². The normalized spacial score (nSPS) is 14.2. The minimum Gasteiger partial charge on any atom is -0.393 e. The van der Waals surface area contributed by atoms with Gasteiger partial charge in [-0.2, -0.15) is 0 Å². The van der Waals surface area contributed by atoms with Crippen molar-refractivity contribution in [1.29, 1.82) is 0 Å². The van der Waals surface area contributed by atoms with Crippen LogP contribution in [-0.2, 0) is 0 Å². The topological polar surface area (TPSA) is 136 Å². The summed E-state index contributed by atoms with van der Waals surface area (Å²) in [6, 6.07) is 1.51. The summed E-state index contributed by atoms with van der Waals surface area (Å²) in [5, 5.41) is 29.9. The lowest BCUT2D eigenvalue weighted by Crippen LogP contribution is -2.23. The van der Waals surface area contributed by atoms with Crippen LogP contribution < -0.4 is 11.5 Å². The lowest BCUT2D eigenvalue weighted by atomic mass is 9.99. The number of nitrogens with two attached hydrogens (primary N) is 2. The minimum absolute atomic E-state index is 0.0604. The fourth-order valence-corrected chi connectivity index (χ4v) is 1.56. The fourth-order valence-electron chi connectivity index (χ4n) is 1.56. The summed E-state index contributed by atoms with van der Waals surface area (Å²) in [5.41, 5.74) is 9.44. The first-order valence-corrected chi connectivity index (χ1v) is 5.18. The number of benzene rings is 1. The van der Waals surface area contributed by atoms with Gasteiger partial charge in [0, 0.05) is 5.56 Å². The lowest BCUT2D eigenvalue weighted by Gasteiger charge is -2.19. The molecule has 6 N–H and O–H groups in total. The predicted molar refractivity (Wildman–Crippen MR) is 62.1 cm³/mol. The molecule has 7 nitrogen and oxygen atoms in total. The van der Waals surface area contributed by atoms with Crippen LogP contribution in [0.25, 0.3) is 0 Å². The van der Waals surface area contributed by atoms with Crippen molar-refractivity contribution in [1.82, 2.24) is 0 Å². The number of aliphatic hydroxyl groups is 2. The zero-order valence-electron chi connectivity index (χ0n) is 9.41. The summed E-state index contributed by atoms with van der Waals surface area (Å²) in [7, 11) is 0. The maximum Gasteiger partial charge on any atom is 0.295 e. The van der Waals surface area contributed by atoms with Gasteiger partial charge in [0.15, 0.2) is 0 Å². The van der Waals surface area contributed by atoms with E-state index in [-0.39, 0.29) is 24.2 Å². The number of nitro benzene ring substituents is 1. The van der Waals surface area contributed by atoms with Crippen molar-refractivity contribution in [2.45, 2.75) is 18.6 Å². The maximum absolute atomic E-state index is 13.2. The van der Waals surface area contributed by atoms with Crippen LogP contribution in [0.1, 0.15) is 18.1 Å². The van der Waals surface area contributed by atoms with Crippen LogP contribution in [0.3, 0.4) is 0 Å². The molecule has 0 saturated carbocycles. The van der Waals surface area contributed by atoms with Crippen molar-refractivity contribution in [3.8, 4) is 0 Å². The van der Waals surface area contributed by atoms with Crippen LogP contribution >= 0.6 is 0 Å². The smallest absolute Gasteiger partial charge is 0.295 e. The van der Waals surface area contributed by atoms with Crippen LogP contribution in [0.2, 0.25) is 0 Å². The van der Waals surface area contributed by atoms with Gasteiger partial charge in [-0.25, -0.2) is 4.39 Å². The van der Waals surface area contributed by atoms with Gasteiger partial charge < -0.3 is 21.7 Å². The number of hydrogen-bond donors (Lipinski definition) is 4. The molecule has 1 aromatic carbocycles. The molecule has 0 spiro atoms. The Morgan fingerprint density at radius 2 is 2.06 bits per heavy atom. The van der Waals surface area contributed by atoms with Crippen molar-refractivity contribution >= 4 is 11.4 Å². The molecule has 18 heavy (non-hydrogen) atoms. The van der Waals surface area contributed by atoms with Gasteiger partial charge >= 0.3 is 0 Å². The zero-order chi connectivity index (χ0) is 13.9. The highest BCUT2D eigenvalue weighted by molar-refractivity contribution is 5.64. The van der Waals surface area contributed by atoms with Crippen LogP contribution in [-0.4, -0.2) is 27.8 Å². The van der Waals surface area contributed by atoms with Crippen LogP contribution in [0, 0.1) is 15.9 Å². The van der Waals surface area contributed by atoms with Gasteiger partial charge in [-0.1, -0.05) is 0 Å². The van der Waals surface area contributed by atoms with E-state index in [9.17, 15) is 24.7 Å².